The van der Waals surface area contributed by atoms with Gasteiger partial charge in [0.1, 0.15) is 18.0 Å². The Morgan fingerprint density at radius 2 is 1.80 bits per heavy atom. The molecule has 0 spiro atoms. The van der Waals surface area contributed by atoms with Crippen LogP contribution in [-0.2, 0) is 20.7 Å². The van der Waals surface area contributed by atoms with Crippen molar-refractivity contribution in [2.75, 3.05) is 59.5 Å². The lowest BCUT2D eigenvalue weighted by atomic mass is 9.96. The highest BCUT2D eigenvalue weighted by Crippen LogP contribution is 2.27. The molecule has 2 amide bonds. The molecule has 2 aromatic carbocycles. The van der Waals surface area contributed by atoms with Gasteiger partial charge in [0.05, 0.1) is 26.0 Å². The Bertz CT molecular complexity index is 1050. The van der Waals surface area contributed by atoms with Crippen molar-refractivity contribution in [1.29, 1.82) is 0 Å². The minimum absolute atomic E-state index is 0.000577. The minimum atomic E-state index is -0.940. The summed E-state index contributed by atoms with van der Waals surface area (Å²) in [6, 6.07) is 14.9. The number of carbonyl (C=O) groups is 2. The summed E-state index contributed by atoms with van der Waals surface area (Å²) < 4.78 is 13.2. The molecule has 0 radical (unpaired) electrons. The van der Waals surface area contributed by atoms with E-state index in [4.69, 9.17) is 21.1 Å². The van der Waals surface area contributed by atoms with Gasteiger partial charge in [-0.15, -0.1) is 0 Å². The molecule has 0 N–H and O–H groups in total. The lowest BCUT2D eigenvalue weighted by Crippen LogP contribution is -2.59. The molecule has 4 rings (SSSR count). The van der Waals surface area contributed by atoms with Crippen molar-refractivity contribution in [2.24, 2.45) is 0 Å². The van der Waals surface area contributed by atoms with Gasteiger partial charge in [0.15, 0.2) is 0 Å². The largest absolute Gasteiger partial charge is 0.490 e. The van der Waals surface area contributed by atoms with Crippen LogP contribution in [0.2, 0.25) is 5.02 Å². The SMILES string of the molecule is CN1CCN(C(=O)CC2(COc3cccc(Cl)c3)CN(C(=O)Cc3ccccc3Br)CCO2)CC1. The standard InChI is InChI=1S/C26H31BrClN3O4/c1-29-9-11-30(12-10-29)25(33)17-26(19-34-22-7-4-6-21(28)16-22)18-31(13-14-35-26)24(32)15-20-5-2-3-8-23(20)27/h2-8,16H,9-15,17-19H2,1H3. The molecule has 2 aromatic rings. The number of nitrogens with zero attached hydrogens (tertiary/aromatic N) is 3. The van der Waals surface area contributed by atoms with E-state index in [0.29, 0.717) is 37.0 Å². The Hall–Kier alpha value is -2.13. The number of rotatable bonds is 7. The zero-order valence-corrected chi connectivity index (χ0v) is 22.3. The Morgan fingerprint density at radius 1 is 1.03 bits per heavy atom. The van der Waals surface area contributed by atoms with E-state index in [0.717, 1.165) is 23.1 Å². The van der Waals surface area contributed by atoms with Crippen LogP contribution in [0.5, 0.6) is 5.75 Å². The fraction of sp³-hybridized carbons (Fsp3) is 0.462. The van der Waals surface area contributed by atoms with Crippen LogP contribution in [0.4, 0.5) is 0 Å². The quantitative estimate of drug-likeness (QED) is 0.515. The van der Waals surface area contributed by atoms with E-state index in [-0.39, 0.29) is 37.8 Å². The number of carbonyl (C=O) groups excluding carboxylic acids is 2. The van der Waals surface area contributed by atoms with E-state index >= 15 is 0 Å². The van der Waals surface area contributed by atoms with Crippen LogP contribution in [0.3, 0.4) is 0 Å². The maximum absolute atomic E-state index is 13.3. The van der Waals surface area contributed by atoms with Crippen LogP contribution in [0.15, 0.2) is 53.0 Å². The summed E-state index contributed by atoms with van der Waals surface area (Å²) in [5, 5.41) is 0.569. The molecule has 2 heterocycles. The number of amides is 2. The number of likely N-dealkylation sites (N-methyl/N-ethyl adjacent to an activating group) is 1. The lowest BCUT2D eigenvalue weighted by Gasteiger charge is -2.43. The summed E-state index contributed by atoms with van der Waals surface area (Å²) in [5.74, 6) is 0.622. The molecule has 0 saturated carbocycles. The molecule has 188 valence electrons. The van der Waals surface area contributed by atoms with Gasteiger partial charge in [-0.05, 0) is 36.9 Å². The smallest absolute Gasteiger partial charge is 0.227 e. The Kier molecular flexibility index (Phi) is 8.70. The van der Waals surface area contributed by atoms with Gasteiger partial charge in [0, 0.05) is 42.2 Å². The van der Waals surface area contributed by atoms with Crippen LogP contribution in [-0.4, -0.2) is 91.6 Å². The van der Waals surface area contributed by atoms with Gasteiger partial charge < -0.3 is 24.2 Å². The first-order valence-corrected chi connectivity index (χ1v) is 13.0. The second-order valence-electron chi connectivity index (χ2n) is 9.22. The van der Waals surface area contributed by atoms with Crippen molar-refractivity contribution in [1.82, 2.24) is 14.7 Å². The molecule has 0 bridgehead atoms. The van der Waals surface area contributed by atoms with Gasteiger partial charge in [-0.1, -0.05) is 51.8 Å². The lowest BCUT2D eigenvalue weighted by molar-refractivity contribution is -0.166. The number of morpholine rings is 1. The van der Waals surface area contributed by atoms with E-state index in [1.807, 2.05) is 41.3 Å². The highest BCUT2D eigenvalue weighted by Gasteiger charge is 2.42. The van der Waals surface area contributed by atoms with E-state index < -0.39 is 5.60 Å². The second kappa shape index (κ2) is 11.7. The second-order valence-corrected chi connectivity index (χ2v) is 10.5. The number of piperazine rings is 1. The van der Waals surface area contributed by atoms with Crippen LogP contribution < -0.4 is 4.74 Å². The molecule has 1 unspecified atom stereocenters. The van der Waals surface area contributed by atoms with Crippen molar-refractivity contribution in [3.63, 3.8) is 0 Å². The third-order valence-corrected chi connectivity index (χ3v) is 7.54. The van der Waals surface area contributed by atoms with Gasteiger partial charge in [-0.25, -0.2) is 0 Å². The molecular weight excluding hydrogens is 534 g/mol. The highest BCUT2D eigenvalue weighted by molar-refractivity contribution is 9.10. The average molecular weight is 565 g/mol. The molecule has 2 saturated heterocycles. The maximum Gasteiger partial charge on any atom is 0.227 e. The first kappa shape index (κ1) is 25.9. The maximum atomic E-state index is 13.3. The van der Waals surface area contributed by atoms with Gasteiger partial charge in [0.25, 0.3) is 0 Å². The van der Waals surface area contributed by atoms with Gasteiger partial charge in [0.2, 0.25) is 11.8 Å². The summed E-state index contributed by atoms with van der Waals surface area (Å²) in [4.78, 5) is 32.4. The topological polar surface area (TPSA) is 62.3 Å². The average Bonchev–Trinajstić information content (AvgIpc) is 2.85. The Labute approximate surface area is 220 Å². The van der Waals surface area contributed by atoms with Crippen molar-refractivity contribution in [3.05, 3.63) is 63.6 Å². The van der Waals surface area contributed by atoms with E-state index in [1.165, 1.54) is 0 Å². The van der Waals surface area contributed by atoms with Gasteiger partial charge >= 0.3 is 0 Å². The van der Waals surface area contributed by atoms with Crippen molar-refractivity contribution >= 4 is 39.3 Å². The summed E-state index contributed by atoms with van der Waals surface area (Å²) >= 11 is 9.65. The third kappa shape index (κ3) is 6.97. The summed E-state index contributed by atoms with van der Waals surface area (Å²) in [6.45, 7) is 4.31. The summed E-state index contributed by atoms with van der Waals surface area (Å²) in [7, 11) is 2.06. The first-order chi connectivity index (χ1) is 16.8. The fourth-order valence-electron chi connectivity index (χ4n) is 4.43. The van der Waals surface area contributed by atoms with Gasteiger partial charge in [-0.2, -0.15) is 0 Å². The van der Waals surface area contributed by atoms with Gasteiger partial charge in [-0.3, -0.25) is 9.59 Å². The molecule has 9 heteroatoms. The zero-order chi connectivity index (χ0) is 24.8. The molecule has 35 heavy (non-hydrogen) atoms. The molecule has 1 atom stereocenters. The normalized spacial score (nSPS) is 21.1. The van der Waals surface area contributed by atoms with Crippen LogP contribution >= 0.6 is 27.5 Å². The van der Waals surface area contributed by atoms with Crippen molar-refractivity contribution in [2.45, 2.75) is 18.4 Å². The molecule has 7 nitrogen and oxygen atoms in total. The number of benzene rings is 2. The van der Waals surface area contributed by atoms with Crippen LogP contribution in [0, 0.1) is 0 Å². The van der Waals surface area contributed by atoms with E-state index in [9.17, 15) is 9.59 Å². The highest BCUT2D eigenvalue weighted by atomic mass is 79.9. The summed E-state index contributed by atoms with van der Waals surface area (Å²) in [6.07, 6.45) is 0.426. The number of hydrogen-bond acceptors (Lipinski definition) is 5. The molecule has 2 aliphatic rings. The predicted octanol–water partition coefficient (Wildman–Crippen LogP) is 3.49. The number of halogens is 2. The minimum Gasteiger partial charge on any atom is -0.490 e. The molecular formula is C26H31BrClN3O4. The monoisotopic (exact) mass is 563 g/mol. The predicted molar refractivity (Wildman–Crippen MR) is 139 cm³/mol. The van der Waals surface area contributed by atoms with Crippen molar-refractivity contribution in [3.8, 4) is 5.75 Å². The Balaban J connectivity index is 1.49. The molecule has 2 aliphatic heterocycles. The molecule has 0 aromatic heterocycles. The van der Waals surface area contributed by atoms with E-state index in [2.05, 4.69) is 27.9 Å². The zero-order valence-electron chi connectivity index (χ0n) is 19.9. The fourth-order valence-corrected chi connectivity index (χ4v) is 5.04. The Morgan fingerprint density at radius 3 is 2.54 bits per heavy atom. The van der Waals surface area contributed by atoms with E-state index in [1.54, 1.807) is 17.0 Å². The molecule has 0 aliphatic carbocycles. The van der Waals surface area contributed by atoms with Crippen LogP contribution in [0.1, 0.15) is 12.0 Å². The molecule has 2 fully saturated rings. The third-order valence-electron chi connectivity index (χ3n) is 6.53. The van der Waals surface area contributed by atoms with Crippen LogP contribution in [0.25, 0.3) is 0 Å². The van der Waals surface area contributed by atoms with Crippen molar-refractivity contribution < 1.29 is 19.1 Å². The number of hydrogen-bond donors (Lipinski definition) is 0. The summed E-state index contributed by atoms with van der Waals surface area (Å²) in [5.41, 5.74) is -0.0109. The first-order valence-electron chi connectivity index (χ1n) is 11.8. The number of ether oxygens (including phenoxy) is 2.